The second kappa shape index (κ2) is 6.84. The molecule has 0 saturated heterocycles. The summed E-state index contributed by atoms with van der Waals surface area (Å²) in [6.07, 6.45) is 3.49. The van der Waals surface area contributed by atoms with Crippen LogP contribution < -0.4 is 10.8 Å². The van der Waals surface area contributed by atoms with E-state index >= 15 is 0 Å². The normalized spacial score (nSPS) is 16.2. The fourth-order valence-corrected chi connectivity index (χ4v) is 3.40. The highest BCUT2D eigenvalue weighted by molar-refractivity contribution is 9.10. The minimum absolute atomic E-state index is 0.157. The summed E-state index contributed by atoms with van der Waals surface area (Å²) in [5.74, 6) is 0.304. The monoisotopic (exact) mass is 409 g/mol. The highest BCUT2D eigenvalue weighted by atomic mass is 79.9. The molecule has 0 radical (unpaired) electrons. The van der Waals surface area contributed by atoms with Gasteiger partial charge >= 0.3 is 0 Å². The van der Waals surface area contributed by atoms with Crippen molar-refractivity contribution in [3.05, 3.63) is 81.6 Å². The van der Waals surface area contributed by atoms with Gasteiger partial charge in [-0.3, -0.25) is 4.79 Å². The number of nitrogens with zero attached hydrogens (tertiary/aromatic N) is 4. The number of amides is 1. The Kier molecular flexibility index (Phi) is 4.38. The summed E-state index contributed by atoms with van der Waals surface area (Å²) in [6.45, 7) is 2.62. The first kappa shape index (κ1) is 16.7. The topological polar surface area (TPSA) is 72.2 Å². The molecule has 1 unspecified atom stereocenters. The number of rotatable bonds is 2. The van der Waals surface area contributed by atoms with Crippen molar-refractivity contribution < 1.29 is 4.79 Å². The van der Waals surface area contributed by atoms with Gasteiger partial charge in [-0.05, 0) is 46.1 Å². The minimum Gasteiger partial charge on any atom is -0.347 e. The molecule has 0 bridgehead atoms. The Labute approximate surface area is 158 Å². The molecule has 6 nitrogen and oxygen atoms in total. The zero-order chi connectivity index (χ0) is 18.1. The van der Waals surface area contributed by atoms with Gasteiger partial charge in [0.2, 0.25) is 5.95 Å². The van der Waals surface area contributed by atoms with Crippen LogP contribution in [0.15, 0.2) is 64.3 Å². The molecule has 4 rings (SSSR count). The van der Waals surface area contributed by atoms with Crippen LogP contribution in [-0.2, 0) is 6.54 Å². The summed E-state index contributed by atoms with van der Waals surface area (Å²) in [5, 5.41) is 3.38. The second-order valence-corrected chi connectivity index (χ2v) is 7.02. The first-order valence-electron chi connectivity index (χ1n) is 8.20. The number of hydrogen-bond donors (Lipinski definition) is 1. The summed E-state index contributed by atoms with van der Waals surface area (Å²) in [4.78, 5) is 25.2. The molecule has 26 heavy (non-hydrogen) atoms. The molecular weight excluding hydrogens is 394 g/mol. The van der Waals surface area contributed by atoms with Crippen molar-refractivity contribution in [3.63, 3.8) is 0 Å². The van der Waals surface area contributed by atoms with Gasteiger partial charge in [-0.1, -0.05) is 30.3 Å². The standard InChI is InChI=1S/C19H16BrN5O/c1-12-9-14(20)10-21-17(12)18(26)23-16-7-8-25-11-15(22-19(25)24-16)13-5-3-2-4-6-13/h2-10,15H,11H2,1H3,(H,22,23,24,26). The molecule has 0 fully saturated rings. The number of hydrogen-bond acceptors (Lipinski definition) is 4. The van der Waals surface area contributed by atoms with Gasteiger partial charge in [0.25, 0.3) is 5.91 Å². The second-order valence-electron chi connectivity index (χ2n) is 6.11. The van der Waals surface area contributed by atoms with Crippen LogP contribution in [0, 0.1) is 6.92 Å². The predicted octanol–water partition coefficient (Wildman–Crippen LogP) is 3.26. The van der Waals surface area contributed by atoms with Crippen molar-refractivity contribution in [1.29, 1.82) is 0 Å². The summed E-state index contributed by atoms with van der Waals surface area (Å²) in [6, 6.07) is 13.9. The largest absolute Gasteiger partial charge is 0.347 e. The lowest BCUT2D eigenvalue weighted by atomic mass is 10.1. The third kappa shape index (κ3) is 3.30. The molecule has 1 aliphatic heterocycles. The van der Waals surface area contributed by atoms with E-state index in [1.54, 1.807) is 12.3 Å². The Bertz CT molecular complexity index is 1050. The smallest absolute Gasteiger partial charge is 0.297 e. The van der Waals surface area contributed by atoms with Gasteiger partial charge in [-0.15, -0.1) is 0 Å². The maximum Gasteiger partial charge on any atom is 0.297 e. The lowest BCUT2D eigenvalue weighted by Crippen LogP contribution is -2.15. The fraction of sp³-hybridized carbons (Fsp3) is 0.158. The van der Waals surface area contributed by atoms with Gasteiger partial charge < -0.3 is 9.88 Å². The van der Waals surface area contributed by atoms with Crippen LogP contribution in [0.25, 0.3) is 0 Å². The molecule has 1 N–H and O–H groups in total. The van der Waals surface area contributed by atoms with Gasteiger partial charge in [0.15, 0.2) is 5.49 Å². The number of carbonyl (C=O) groups excluding carboxylic acids is 1. The molecule has 3 heterocycles. The molecule has 0 spiro atoms. The third-order valence-electron chi connectivity index (χ3n) is 4.24. The van der Waals surface area contributed by atoms with Crippen molar-refractivity contribution in [2.75, 3.05) is 5.32 Å². The third-order valence-corrected chi connectivity index (χ3v) is 4.68. The van der Waals surface area contributed by atoms with Crippen LogP contribution in [0.4, 0.5) is 5.95 Å². The van der Waals surface area contributed by atoms with Crippen LogP contribution in [-0.4, -0.2) is 20.4 Å². The molecule has 1 atom stereocenters. The van der Waals surface area contributed by atoms with Crippen LogP contribution in [0.5, 0.6) is 0 Å². The van der Waals surface area contributed by atoms with Crippen LogP contribution in [0.3, 0.4) is 0 Å². The van der Waals surface area contributed by atoms with Crippen molar-refractivity contribution in [2.24, 2.45) is 4.99 Å². The lowest BCUT2D eigenvalue weighted by Gasteiger charge is -2.09. The molecule has 1 aliphatic rings. The van der Waals surface area contributed by atoms with E-state index in [4.69, 9.17) is 0 Å². The first-order valence-corrected chi connectivity index (χ1v) is 8.99. The molecule has 0 aliphatic carbocycles. The van der Waals surface area contributed by atoms with Gasteiger partial charge in [0.1, 0.15) is 5.69 Å². The van der Waals surface area contributed by atoms with Gasteiger partial charge in [-0.25, -0.2) is 4.98 Å². The average Bonchev–Trinajstić information content (AvgIpc) is 3.05. The number of anilines is 1. The van der Waals surface area contributed by atoms with Crippen LogP contribution in [0.2, 0.25) is 0 Å². The van der Waals surface area contributed by atoms with E-state index in [2.05, 4.69) is 48.3 Å². The first-order chi connectivity index (χ1) is 12.6. The SMILES string of the molecule is Cc1cc(Br)cnc1C(=O)N=c1ccn2c(n1)NC(c1ccccc1)C2. The number of fused-ring (bicyclic) bond motifs is 1. The maximum atomic E-state index is 12.4. The Balaban J connectivity index is 1.61. The number of pyridine rings is 1. The summed E-state index contributed by atoms with van der Waals surface area (Å²) in [5.41, 5.74) is 2.66. The highest BCUT2D eigenvalue weighted by Gasteiger charge is 2.21. The van der Waals surface area contributed by atoms with E-state index in [0.717, 1.165) is 16.6 Å². The zero-order valence-electron chi connectivity index (χ0n) is 14.1. The lowest BCUT2D eigenvalue weighted by molar-refractivity contribution is 0.0992. The Hall–Kier alpha value is -2.80. The molecule has 1 amide bonds. The number of carbonyl (C=O) groups is 1. The Morgan fingerprint density at radius 1 is 1.31 bits per heavy atom. The number of benzene rings is 1. The molecule has 1 aromatic carbocycles. The van der Waals surface area contributed by atoms with E-state index in [1.807, 2.05) is 42.0 Å². The maximum absolute atomic E-state index is 12.4. The van der Waals surface area contributed by atoms with E-state index in [0.29, 0.717) is 17.1 Å². The number of aromatic nitrogens is 3. The molecule has 130 valence electrons. The molecule has 7 heteroatoms. The molecular formula is C19H16BrN5O. The van der Waals surface area contributed by atoms with E-state index in [9.17, 15) is 4.79 Å². The quantitative estimate of drug-likeness (QED) is 0.704. The fourth-order valence-electron chi connectivity index (χ4n) is 2.96. The van der Waals surface area contributed by atoms with E-state index < -0.39 is 5.91 Å². The molecule has 2 aromatic heterocycles. The van der Waals surface area contributed by atoms with Crippen molar-refractivity contribution in [2.45, 2.75) is 19.5 Å². The minimum atomic E-state index is -0.398. The van der Waals surface area contributed by atoms with E-state index in [1.165, 1.54) is 5.56 Å². The summed E-state index contributed by atoms with van der Waals surface area (Å²) < 4.78 is 2.85. The van der Waals surface area contributed by atoms with Crippen LogP contribution >= 0.6 is 15.9 Å². The van der Waals surface area contributed by atoms with Crippen molar-refractivity contribution in [3.8, 4) is 0 Å². The van der Waals surface area contributed by atoms with E-state index in [-0.39, 0.29) is 6.04 Å². The van der Waals surface area contributed by atoms with Gasteiger partial charge in [0, 0.05) is 23.4 Å². The summed E-state index contributed by atoms with van der Waals surface area (Å²) in [7, 11) is 0. The zero-order valence-corrected chi connectivity index (χ0v) is 15.6. The number of nitrogens with one attached hydrogen (secondary N) is 1. The van der Waals surface area contributed by atoms with Crippen LogP contribution in [0.1, 0.15) is 27.7 Å². The number of aryl methyl sites for hydroxylation is 1. The van der Waals surface area contributed by atoms with Gasteiger partial charge in [-0.2, -0.15) is 9.98 Å². The average molecular weight is 410 g/mol. The van der Waals surface area contributed by atoms with Crippen molar-refractivity contribution >= 4 is 27.8 Å². The van der Waals surface area contributed by atoms with Gasteiger partial charge in [0.05, 0.1) is 6.04 Å². The predicted molar refractivity (Wildman–Crippen MR) is 102 cm³/mol. The van der Waals surface area contributed by atoms with Crippen molar-refractivity contribution in [1.82, 2.24) is 14.5 Å². The molecule has 3 aromatic rings. The molecule has 0 saturated carbocycles. The Morgan fingerprint density at radius 2 is 2.12 bits per heavy atom. The number of halogens is 1. The Morgan fingerprint density at radius 3 is 2.88 bits per heavy atom. The summed E-state index contributed by atoms with van der Waals surface area (Å²) >= 11 is 3.34. The highest BCUT2D eigenvalue weighted by Crippen LogP contribution is 2.26.